The zero-order valence-electron chi connectivity index (χ0n) is 14.8. The maximum Gasteiger partial charge on any atom is 0.243 e. The average Bonchev–Trinajstić information content (AvgIpc) is 2.60. The normalized spacial score (nSPS) is 16.2. The molecule has 134 valence electrons. The predicted molar refractivity (Wildman–Crippen MR) is 103 cm³/mol. The number of halogens is 1. The standard InChI is InChI=1S/C19H23ClN2O2S/c1-14-5-7-18(12-16(14)3)25(23,24)22-10-8-21(9-11-22)17-6-4-15(2)19(20)13-17/h4-7,12-13H,8-11H2,1-3H3. The Morgan fingerprint density at radius 2 is 1.48 bits per heavy atom. The molecule has 1 saturated heterocycles. The third kappa shape index (κ3) is 3.68. The van der Waals surface area contributed by atoms with Crippen molar-refractivity contribution in [2.45, 2.75) is 25.7 Å². The minimum absolute atomic E-state index is 0.377. The van der Waals surface area contributed by atoms with Crippen LogP contribution in [0.5, 0.6) is 0 Å². The van der Waals surface area contributed by atoms with Crippen molar-refractivity contribution in [1.82, 2.24) is 4.31 Å². The van der Waals surface area contributed by atoms with Gasteiger partial charge in [0.25, 0.3) is 0 Å². The van der Waals surface area contributed by atoms with E-state index in [-0.39, 0.29) is 0 Å². The van der Waals surface area contributed by atoms with E-state index in [2.05, 4.69) is 4.90 Å². The van der Waals surface area contributed by atoms with Gasteiger partial charge in [0.05, 0.1) is 4.90 Å². The number of benzene rings is 2. The molecule has 4 nitrogen and oxygen atoms in total. The Morgan fingerprint density at radius 3 is 2.08 bits per heavy atom. The maximum absolute atomic E-state index is 12.9. The highest BCUT2D eigenvalue weighted by atomic mass is 35.5. The summed E-state index contributed by atoms with van der Waals surface area (Å²) < 4.78 is 27.3. The van der Waals surface area contributed by atoms with Crippen LogP contribution < -0.4 is 4.90 Å². The first-order chi connectivity index (χ1) is 11.8. The van der Waals surface area contributed by atoms with E-state index < -0.39 is 10.0 Å². The molecule has 25 heavy (non-hydrogen) atoms. The van der Waals surface area contributed by atoms with Gasteiger partial charge >= 0.3 is 0 Å². The van der Waals surface area contributed by atoms with E-state index in [1.165, 1.54) is 0 Å². The molecule has 0 bridgehead atoms. The van der Waals surface area contributed by atoms with Gasteiger partial charge in [0, 0.05) is 36.9 Å². The SMILES string of the molecule is Cc1ccc(S(=O)(=O)N2CCN(c3ccc(C)c(Cl)c3)CC2)cc1C. The number of sulfonamides is 1. The molecule has 2 aromatic carbocycles. The Morgan fingerprint density at radius 1 is 0.840 bits per heavy atom. The van der Waals surface area contributed by atoms with Gasteiger partial charge in [0.1, 0.15) is 0 Å². The van der Waals surface area contributed by atoms with Crippen molar-refractivity contribution in [3.63, 3.8) is 0 Å². The fourth-order valence-corrected chi connectivity index (χ4v) is 4.67. The number of rotatable bonds is 3. The van der Waals surface area contributed by atoms with Gasteiger partial charge in [-0.25, -0.2) is 8.42 Å². The first-order valence-corrected chi connectivity index (χ1v) is 10.2. The van der Waals surface area contributed by atoms with Crippen LogP contribution in [0.15, 0.2) is 41.3 Å². The predicted octanol–water partition coefficient (Wildman–Crippen LogP) is 3.78. The van der Waals surface area contributed by atoms with E-state index >= 15 is 0 Å². The Hall–Kier alpha value is -1.56. The summed E-state index contributed by atoms with van der Waals surface area (Å²) in [5, 5.41) is 0.739. The van der Waals surface area contributed by atoms with E-state index in [0.717, 1.165) is 27.4 Å². The molecule has 0 amide bonds. The molecule has 1 aliphatic rings. The van der Waals surface area contributed by atoms with Gasteiger partial charge in [-0.05, 0) is 61.7 Å². The van der Waals surface area contributed by atoms with Crippen molar-refractivity contribution >= 4 is 27.3 Å². The molecule has 1 fully saturated rings. The Labute approximate surface area is 155 Å². The minimum Gasteiger partial charge on any atom is -0.369 e. The quantitative estimate of drug-likeness (QED) is 0.816. The molecule has 6 heteroatoms. The maximum atomic E-state index is 12.9. The molecule has 0 unspecified atom stereocenters. The van der Waals surface area contributed by atoms with E-state index in [1.807, 2.05) is 45.0 Å². The molecule has 0 N–H and O–H groups in total. The third-order valence-corrected chi connectivity index (χ3v) is 7.18. The Kier molecular flexibility index (Phi) is 5.09. The molecule has 0 spiro atoms. The molecular weight excluding hydrogens is 356 g/mol. The lowest BCUT2D eigenvalue weighted by Crippen LogP contribution is -2.48. The van der Waals surface area contributed by atoms with Crippen molar-refractivity contribution in [2.75, 3.05) is 31.1 Å². The van der Waals surface area contributed by atoms with Crippen molar-refractivity contribution < 1.29 is 8.42 Å². The molecular formula is C19H23ClN2O2S. The topological polar surface area (TPSA) is 40.6 Å². The van der Waals surface area contributed by atoms with Gasteiger partial charge in [-0.2, -0.15) is 4.31 Å². The van der Waals surface area contributed by atoms with Crippen LogP contribution in [0.1, 0.15) is 16.7 Å². The lowest BCUT2D eigenvalue weighted by Gasteiger charge is -2.35. The Balaban J connectivity index is 1.74. The van der Waals surface area contributed by atoms with E-state index in [9.17, 15) is 8.42 Å². The summed E-state index contributed by atoms with van der Waals surface area (Å²) in [7, 11) is -3.44. The summed E-state index contributed by atoms with van der Waals surface area (Å²) in [6, 6.07) is 11.3. The molecule has 3 rings (SSSR count). The van der Waals surface area contributed by atoms with Crippen molar-refractivity contribution in [3.05, 3.63) is 58.1 Å². The summed E-state index contributed by atoms with van der Waals surface area (Å²) >= 11 is 6.21. The van der Waals surface area contributed by atoms with Crippen molar-refractivity contribution in [3.8, 4) is 0 Å². The molecule has 0 aromatic heterocycles. The second-order valence-electron chi connectivity index (χ2n) is 6.57. The number of hydrogen-bond acceptors (Lipinski definition) is 3. The molecule has 1 aliphatic heterocycles. The van der Waals surface area contributed by atoms with Crippen LogP contribution in [0.3, 0.4) is 0 Å². The summed E-state index contributed by atoms with van der Waals surface area (Å²) in [5.41, 5.74) is 4.18. The van der Waals surface area contributed by atoms with Gasteiger partial charge in [0.2, 0.25) is 10.0 Å². The fraction of sp³-hybridized carbons (Fsp3) is 0.368. The summed E-state index contributed by atoms with van der Waals surface area (Å²) in [4.78, 5) is 2.56. The van der Waals surface area contributed by atoms with Gasteiger partial charge in [-0.3, -0.25) is 0 Å². The molecule has 0 saturated carbocycles. The zero-order chi connectivity index (χ0) is 18.2. The average molecular weight is 379 g/mol. The van der Waals surface area contributed by atoms with E-state index in [4.69, 9.17) is 11.6 Å². The molecule has 2 aromatic rings. The van der Waals surface area contributed by atoms with Crippen LogP contribution in [-0.2, 0) is 10.0 Å². The number of aryl methyl sites for hydroxylation is 3. The number of hydrogen-bond donors (Lipinski definition) is 0. The summed E-state index contributed by atoms with van der Waals surface area (Å²) in [6.07, 6.45) is 0. The van der Waals surface area contributed by atoms with Crippen molar-refractivity contribution in [2.24, 2.45) is 0 Å². The lowest BCUT2D eigenvalue weighted by molar-refractivity contribution is 0.385. The fourth-order valence-electron chi connectivity index (χ4n) is 2.99. The minimum atomic E-state index is -3.44. The first kappa shape index (κ1) is 18.2. The summed E-state index contributed by atoms with van der Waals surface area (Å²) in [6.45, 7) is 8.15. The first-order valence-electron chi connectivity index (χ1n) is 8.37. The highest BCUT2D eigenvalue weighted by molar-refractivity contribution is 7.89. The van der Waals surface area contributed by atoms with Gasteiger partial charge < -0.3 is 4.90 Å². The molecule has 1 heterocycles. The lowest BCUT2D eigenvalue weighted by atomic mass is 10.1. The Bertz CT molecular complexity index is 888. The van der Waals surface area contributed by atoms with Crippen LogP contribution in [0.25, 0.3) is 0 Å². The zero-order valence-corrected chi connectivity index (χ0v) is 16.4. The van der Waals surface area contributed by atoms with Crippen LogP contribution >= 0.6 is 11.6 Å². The molecule has 0 atom stereocenters. The molecule has 0 aliphatic carbocycles. The van der Waals surface area contributed by atoms with Crippen LogP contribution in [0, 0.1) is 20.8 Å². The van der Waals surface area contributed by atoms with Gasteiger partial charge in [0.15, 0.2) is 0 Å². The number of anilines is 1. The second kappa shape index (κ2) is 6.98. The van der Waals surface area contributed by atoms with E-state index in [0.29, 0.717) is 31.1 Å². The monoisotopic (exact) mass is 378 g/mol. The highest BCUT2D eigenvalue weighted by Gasteiger charge is 2.28. The smallest absolute Gasteiger partial charge is 0.243 e. The van der Waals surface area contributed by atoms with Crippen LogP contribution in [-0.4, -0.2) is 38.9 Å². The largest absolute Gasteiger partial charge is 0.369 e. The van der Waals surface area contributed by atoms with Crippen LogP contribution in [0.4, 0.5) is 5.69 Å². The van der Waals surface area contributed by atoms with E-state index in [1.54, 1.807) is 16.4 Å². The second-order valence-corrected chi connectivity index (χ2v) is 8.92. The van der Waals surface area contributed by atoms with Crippen molar-refractivity contribution in [1.29, 1.82) is 0 Å². The van der Waals surface area contributed by atoms with Gasteiger partial charge in [-0.15, -0.1) is 0 Å². The number of nitrogens with zero attached hydrogens (tertiary/aromatic N) is 2. The summed E-state index contributed by atoms with van der Waals surface area (Å²) in [5.74, 6) is 0. The third-order valence-electron chi connectivity index (χ3n) is 4.88. The molecule has 0 radical (unpaired) electrons. The van der Waals surface area contributed by atoms with Crippen LogP contribution in [0.2, 0.25) is 5.02 Å². The highest BCUT2D eigenvalue weighted by Crippen LogP contribution is 2.26. The number of piperazine rings is 1. The van der Waals surface area contributed by atoms with Gasteiger partial charge in [-0.1, -0.05) is 23.7 Å².